The highest BCUT2D eigenvalue weighted by Gasteiger charge is 2.09. The van der Waals surface area contributed by atoms with Crippen LogP contribution in [0, 0.1) is 0 Å². The minimum absolute atomic E-state index is 0.145. The van der Waals surface area contributed by atoms with Crippen molar-refractivity contribution >= 4 is 17.3 Å². The number of nitrogen functional groups attached to an aromatic ring is 1. The molecule has 0 aromatic heterocycles. The zero-order valence-electron chi connectivity index (χ0n) is 11.8. The van der Waals surface area contributed by atoms with E-state index in [0.717, 1.165) is 24.2 Å². The Kier molecular flexibility index (Phi) is 4.77. The molecule has 1 amide bonds. The van der Waals surface area contributed by atoms with E-state index in [-0.39, 0.29) is 5.91 Å². The maximum absolute atomic E-state index is 12.1. The Bertz CT molecular complexity index is 549. The summed E-state index contributed by atoms with van der Waals surface area (Å²) in [7, 11) is 1.82. The number of rotatable bonds is 5. The Labute approximate surface area is 120 Å². The fraction of sp³-hybridized carbons (Fsp3) is 0.235. The fourth-order valence-electron chi connectivity index (χ4n) is 2.09. The second-order valence-electron chi connectivity index (χ2n) is 4.88. The van der Waals surface area contributed by atoms with Crippen molar-refractivity contribution in [1.82, 2.24) is 0 Å². The van der Waals surface area contributed by atoms with Crippen molar-refractivity contribution in [3.05, 3.63) is 60.2 Å². The highest BCUT2D eigenvalue weighted by Crippen LogP contribution is 2.14. The van der Waals surface area contributed by atoms with Gasteiger partial charge < -0.3 is 10.6 Å². The summed E-state index contributed by atoms with van der Waals surface area (Å²) in [4.78, 5) is 13.8. The smallest absolute Gasteiger partial charge is 0.226 e. The topological polar surface area (TPSA) is 46.3 Å². The number of hydrogen-bond donors (Lipinski definition) is 1. The third-order valence-corrected chi connectivity index (χ3v) is 3.35. The van der Waals surface area contributed by atoms with Crippen LogP contribution in [0.25, 0.3) is 0 Å². The van der Waals surface area contributed by atoms with E-state index < -0.39 is 0 Å². The number of nitrogens with two attached hydrogens (primary N) is 1. The van der Waals surface area contributed by atoms with Crippen LogP contribution in [0.3, 0.4) is 0 Å². The lowest BCUT2D eigenvalue weighted by Gasteiger charge is -2.17. The van der Waals surface area contributed by atoms with Gasteiger partial charge in [-0.15, -0.1) is 0 Å². The molecular formula is C17H20N2O. The summed E-state index contributed by atoms with van der Waals surface area (Å²) in [5, 5.41) is 0. The lowest BCUT2D eigenvalue weighted by atomic mass is 10.1. The molecule has 0 radical (unpaired) electrons. The van der Waals surface area contributed by atoms with Crippen LogP contribution in [0.4, 0.5) is 11.4 Å². The highest BCUT2D eigenvalue weighted by atomic mass is 16.2. The number of para-hydroxylation sites is 1. The summed E-state index contributed by atoms with van der Waals surface area (Å²) >= 11 is 0. The van der Waals surface area contributed by atoms with E-state index in [0.29, 0.717) is 6.42 Å². The zero-order valence-corrected chi connectivity index (χ0v) is 11.8. The van der Waals surface area contributed by atoms with Gasteiger partial charge in [0.15, 0.2) is 0 Å². The monoisotopic (exact) mass is 268 g/mol. The van der Waals surface area contributed by atoms with Crippen LogP contribution in [-0.4, -0.2) is 13.0 Å². The van der Waals surface area contributed by atoms with Gasteiger partial charge in [-0.25, -0.2) is 0 Å². The van der Waals surface area contributed by atoms with Crippen molar-refractivity contribution in [3.8, 4) is 0 Å². The van der Waals surface area contributed by atoms with Gasteiger partial charge in [0.1, 0.15) is 0 Å². The van der Waals surface area contributed by atoms with Gasteiger partial charge in [0.25, 0.3) is 0 Å². The van der Waals surface area contributed by atoms with Crippen LogP contribution in [-0.2, 0) is 11.2 Å². The van der Waals surface area contributed by atoms with Crippen molar-refractivity contribution in [2.75, 3.05) is 17.7 Å². The molecule has 104 valence electrons. The van der Waals surface area contributed by atoms with Crippen molar-refractivity contribution in [1.29, 1.82) is 0 Å². The van der Waals surface area contributed by atoms with Gasteiger partial charge in [0.05, 0.1) is 0 Å². The molecule has 3 heteroatoms. The molecule has 0 bridgehead atoms. The first kappa shape index (κ1) is 14.1. The van der Waals surface area contributed by atoms with Gasteiger partial charge in [0, 0.05) is 24.8 Å². The minimum Gasteiger partial charge on any atom is -0.399 e. The molecule has 20 heavy (non-hydrogen) atoms. The van der Waals surface area contributed by atoms with Crippen LogP contribution in [0.2, 0.25) is 0 Å². The molecule has 2 rings (SSSR count). The van der Waals surface area contributed by atoms with Crippen molar-refractivity contribution in [3.63, 3.8) is 0 Å². The van der Waals surface area contributed by atoms with Crippen LogP contribution < -0.4 is 10.6 Å². The number of hydrogen-bond acceptors (Lipinski definition) is 2. The molecule has 0 atom stereocenters. The Morgan fingerprint density at radius 3 is 2.35 bits per heavy atom. The number of nitrogens with zero attached hydrogens (tertiary/aromatic N) is 1. The number of carbonyl (C=O) groups excluding carboxylic acids is 1. The first-order chi connectivity index (χ1) is 9.66. The normalized spacial score (nSPS) is 10.2. The van der Waals surface area contributed by atoms with Gasteiger partial charge in [-0.3, -0.25) is 4.79 Å². The van der Waals surface area contributed by atoms with Gasteiger partial charge >= 0.3 is 0 Å². The predicted molar refractivity (Wildman–Crippen MR) is 83.6 cm³/mol. The molecule has 0 aliphatic heterocycles. The molecule has 2 aromatic carbocycles. The van der Waals surface area contributed by atoms with E-state index in [4.69, 9.17) is 5.73 Å². The van der Waals surface area contributed by atoms with E-state index in [9.17, 15) is 4.79 Å². The lowest BCUT2D eigenvalue weighted by molar-refractivity contribution is -0.118. The number of anilines is 2. The first-order valence-electron chi connectivity index (χ1n) is 6.83. The van der Waals surface area contributed by atoms with Gasteiger partial charge in [-0.2, -0.15) is 0 Å². The molecular weight excluding hydrogens is 248 g/mol. The van der Waals surface area contributed by atoms with Crippen LogP contribution in [0.15, 0.2) is 54.6 Å². The Morgan fingerprint density at radius 1 is 1.05 bits per heavy atom. The summed E-state index contributed by atoms with van der Waals surface area (Å²) in [6.07, 6.45) is 2.30. The quantitative estimate of drug-likeness (QED) is 0.846. The summed E-state index contributed by atoms with van der Waals surface area (Å²) in [6.45, 7) is 0. The molecule has 0 saturated carbocycles. The molecule has 2 aromatic rings. The molecule has 0 aliphatic rings. The largest absolute Gasteiger partial charge is 0.399 e. The second-order valence-corrected chi connectivity index (χ2v) is 4.88. The van der Waals surface area contributed by atoms with E-state index in [2.05, 4.69) is 0 Å². The van der Waals surface area contributed by atoms with Crippen LogP contribution >= 0.6 is 0 Å². The van der Waals surface area contributed by atoms with E-state index in [1.54, 1.807) is 4.90 Å². The van der Waals surface area contributed by atoms with Crippen LogP contribution in [0.5, 0.6) is 0 Å². The van der Waals surface area contributed by atoms with Gasteiger partial charge in [0.2, 0.25) is 5.91 Å². The Hall–Kier alpha value is -2.29. The fourth-order valence-corrected chi connectivity index (χ4v) is 2.09. The highest BCUT2D eigenvalue weighted by molar-refractivity contribution is 5.92. The predicted octanol–water partition coefficient (Wildman–Crippen LogP) is 3.25. The molecule has 0 fully saturated rings. The third-order valence-electron chi connectivity index (χ3n) is 3.35. The van der Waals surface area contributed by atoms with E-state index in [1.807, 2.05) is 61.6 Å². The van der Waals surface area contributed by atoms with Crippen molar-refractivity contribution in [2.24, 2.45) is 0 Å². The number of aryl methyl sites for hydroxylation is 1. The Balaban J connectivity index is 1.82. The van der Waals surface area contributed by atoms with Gasteiger partial charge in [-0.1, -0.05) is 30.3 Å². The molecule has 0 unspecified atom stereocenters. The maximum atomic E-state index is 12.1. The number of amides is 1. The van der Waals surface area contributed by atoms with Crippen LogP contribution in [0.1, 0.15) is 18.4 Å². The first-order valence-corrected chi connectivity index (χ1v) is 6.83. The van der Waals surface area contributed by atoms with Crippen molar-refractivity contribution < 1.29 is 4.79 Å². The molecule has 0 aliphatic carbocycles. The molecule has 0 heterocycles. The standard InChI is InChI=1S/C17H20N2O/c1-19(16-7-3-2-4-8-16)17(20)9-5-6-14-10-12-15(18)13-11-14/h2-4,7-8,10-13H,5-6,9,18H2,1H3. The average Bonchev–Trinajstić information content (AvgIpc) is 2.49. The Morgan fingerprint density at radius 2 is 1.70 bits per heavy atom. The van der Waals surface area contributed by atoms with E-state index >= 15 is 0 Å². The zero-order chi connectivity index (χ0) is 14.4. The maximum Gasteiger partial charge on any atom is 0.226 e. The lowest BCUT2D eigenvalue weighted by Crippen LogP contribution is -2.25. The van der Waals surface area contributed by atoms with E-state index in [1.165, 1.54) is 5.56 Å². The summed E-state index contributed by atoms with van der Waals surface area (Å²) in [6, 6.07) is 17.5. The summed E-state index contributed by atoms with van der Waals surface area (Å²) < 4.78 is 0. The summed E-state index contributed by atoms with van der Waals surface area (Å²) in [5.74, 6) is 0.145. The third kappa shape index (κ3) is 3.85. The SMILES string of the molecule is CN(C(=O)CCCc1ccc(N)cc1)c1ccccc1. The summed E-state index contributed by atoms with van der Waals surface area (Å²) in [5.41, 5.74) is 8.57. The second kappa shape index (κ2) is 6.75. The van der Waals surface area contributed by atoms with Gasteiger partial charge in [-0.05, 0) is 42.7 Å². The number of benzene rings is 2. The molecule has 3 nitrogen and oxygen atoms in total. The average molecular weight is 268 g/mol. The molecule has 2 N–H and O–H groups in total. The molecule has 0 saturated heterocycles. The van der Waals surface area contributed by atoms with Crippen molar-refractivity contribution in [2.45, 2.75) is 19.3 Å². The molecule has 0 spiro atoms. The minimum atomic E-state index is 0.145. The number of carbonyl (C=O) groups is 1.